The first-order chi connectivity index (χ1) is 10.0. The van der Waals surface area contributed by atoms with E-state index in [9.17, 15) is 9.59 Å². The summed E-state index contributed by atoms with van der Waals surface area (Å²) >= 11 is 5.88. The summed E-state index contributed by atoms with van der Waals surface area (Å²) in [6, 6.07) is 4.83. The van der Waals surface area contributed by atoms with Gasteiger partial charge in [-0.15, -0.1) is 0 Å². The zero-order valence-corrected chi connectivity index (χ0v) is 13.0. The van der Waals surface area contributed by atoms with Crippen LogP contribution in [0.25, 0.3) is 0 Å². The van der Waals surface area contributed by atoms with Crippen LogP contribution in [0.1, 0.15) is 23.2 Å². The molecule has 0 aliphatic carbocycles. The molecule has 0 saturated carbocycles. The number of benzene rings is 1. The second-order valence-corrected chi connectivity index (χ2v) is 5.53. The first-order valence-corrected chi connectivity index (χ1v) is 7.27. The number of likely N-dealkylation sites (N-methyl/N-ethyl adjacent to an activating group) is 1. The molecule has 6 heteroatoms. The number of carbonyl (C=O) groups excluding carboxylic acids is 2. The van der Waals surface area contributed by atoms with Gasteiger partial charge in [0.2, 0.25) is 5.91 Å². The van der Waals surface area contributed by atoms with Crippen LogP contribution < -0.4 is 4.74 Å². The van der Waals surface area contributed by atoms with E-state index in [1.165, 1.54) is 12.0 Å². The van der Waals surface area contributed by atoms with Crippen LogP contribution >= 0.6 is 11.6 Å². The number of hydrogen-bond acceptors (Lipinski definition) is 3. The first kappa shape index (κ1) is 15.6. The van der Waals surface area contributed by atoms with E-state index in [2.05, 4.69) is 0 Å². The quantitative estimate of drug-likeness (QED) is 0.855. The zero-order chi connectivity index (χ0) is 15.4. The molecule has 21 heavy (non-hydrogen) atoms. The molecule has 114 valence electrons. The number of methoxy groups -OCH3 is 1. The zero-order valence-electron chi connectivity index (χ0n) is 12.3. The van der Waals surface area contributed by atoms with Gasteiger partial charge in [0, 0.05) is 25.2 Å². The molecule has 5 nitrogen and oxygen atoms in total. The lowest BCUT2D eigenvalue weighted by Gasteiger charge is -2.22. The van der Waals surface area contributed by atoms with Crippen molar-refractivity contribution in [3.8, 4) is 5.75 Å². The highest BCUT2D eigenvalue weighted by atomic mass is 35.5. The van der Waals surface area contributed by atoms with Crippen molar-refractivity contribution in [2.75, 3.05) is 33.8 Å². The third-order valence-electron chi connectivity index (χ3n) is 3.57. The van der Waals surface area contributed by atoms with Crippen molar-refractivity contribution in [1.82, 2.24) is 9.80 Å². The van der Waals surface area contributed by atoms with Gasteiger partial charge in [0.1, 0.15) is 5.75 Å². The molecular weight excluding hydrogens is 292 g/mol. The largest absolute Gasteiger partial charge is 0.496 e. The normalized spacial score (nSPS) is 14.1. The van der Waals surface area contributed by atoms with Gasteiger partial charge in [-0.2, -0.15) is 0 Å². The monoisotopic (exact) mass is 310 g/mol. The van der Waals surface area contributed by atoms with Crippen molar-refractivity contribution in [1.29, 1.82) is 0 Å². The lowest BCUT2D eigenvalue weighted by molar-refractivity contribution is -0.130. The number of likely N-dealkylation sites (tertiary alicyclic amines) is 1. The minimum Gasteiger partial charge on any atom is -0.496 e. The lowest BCUT2D eigenvalue weighted by Crippen LogP contribution is -2.39. The highest BCUT2D eigenvalue weighted by Gasteiger charge is 2.23. The molecule has 2 amide bonds. The minimum atomic E-state index is -0.254. The topological polar surface area (TPSA) is 49.9 Å². The van der Waals surface area contributed by atoms with Crippen LogP contribution in [0.5, 0.6) is 5.75 Å². The van der Waals surface area contributed by atoms with Crippen LogP contribution in [-0.2, 0) is 4.79 Å². The molecular formula is C15H19ClN2O3. The predicted molar refractivity (Wildman–Crippen MR) is 80.8 cm³/mol. The van der Waals surface area contributed by atoms with Gasteiger partial charge in [-0.25, -0.2) is 0 Å². The summed E-state index contributed by atoms with van der Waals surface area (Å²) in [4.78, 5) is 27.7. The average molecular weight is 311 g/mol. The van der Waals surface area contributed by atoms with E-state index in [-0.39, 0.29) is 18.4 Å². The van der Waals surface area contributed by atoms with Gasteiger partial charge in [0.25, 0.3) is 5.91 Å². The Balaban J connectivity index is 2.06. The van der Waals surface area contributed by atoms with E-state index < -0.39 is 0 Å². The molecule has 1 aliphatic rings. The molecule has 0 unspecified atom stereocenters. The Labute approximate surface area is 129 Å². The van der Waals surface area contributed by atoms with E-state index in [0.29, 0.717) is 16.3 Å². The molecule has 0 radical (unpaired) electrons. The summed E-state index contributed by atoms with van der Waals surface area (Å²) in [5.41, 5.74) is 0.402. The molecule has 0 N–H and O–H groups in total. The van der Waals surface area contributed by atoms with Crippen molar-refractivity contribution in [2.24, 2.45) is 0 Å². The standard InChI is InChI=1S/C15H19ClN2O3/c1-17(10-14(19)18-7-3-4-8-18)15(20)12-6-5-11(16)9-13(12)21-2/h5-6,9H,3-4,7-8,10H2,1-2H3. The summed E-state index contributed by atoms with van der Waals surface area (Å²) in [5, 5.41) is 0.499. The Morgan fingerprint density at radius 2 is 2.00 bits per heavy atom. The van der Waals surface area contributed by atoms with Gasteiger partial charge >= 0.3 is 0 Å². The fourth-order valence-corrected chi connectivity index (χ4v) is 2.55. The number of hydrogen-bond donors (Lipinski definition) is 0. The van der Waals surface area contributed by atoms with Crippen LogP contribution in [0.15, 0.2) is 18.2 Å². The Morgan fingerprint density at radius 1 is 1.33 bits per heavy atom. The van der Waals surface area contributed by atoms with Gasteiger partial charge in [0.05, 0.1) is 19.2 Å². The number of halogens is 1. The van der Waals surface area contributed by atoms with Gasteiger partial charge in [-0.1, -0.05) is 11.6 Å². The summed E-state index contributed by atoms with van der Waals surface area (Å²) in [5.74, 6) is 0.139. The van der Waals surface area contributed by atoms with E-state index in [1.54, 1.807) is 30.1 Å². The lowest BCUT2D eigenvalue weighted by atomic mass is 10.1. The molecule has 1 aliphatic heterocycles. The molecule has 0 atom stereocenters. The van der Waals surface area contributed by atoms with Gasteiger partial charge in [-0.3, -0.25) is 9.59 Å². The maximum atomic E-state index is 12.4. The molecule has 1 saturated heterocycles. The molecule has 0 aromatic heterocycles. The van der Waals surface area contributed by atoms with Crippen molar-refractivity contribution < 1.29 is 14.3 Å². The molecule has 1 heterocycles. The number of nitrogens with zero attached hydrogens (tertiary/aromatic N) is 2. The molecule has 2 rings (SSSR count). The third kappa shape index (κ3) is 3.67. The maximum Gasteiger partial charge on any atom is 0.257 e. The van der Waals surface area contributed by atoms with Crippen molar-refractivity contribution in [2.45, 2.75) is 12.8 Å². The minimum absolute atomic E-state index is 0.0173. The average Bonchev–Trinajstić information content (AvgIpc) is 3.00. The van der Waals surface area contributed by atoms with E-state index >= 15 is 0 Å². The Hall–Kier alpha value is -1.75. The number of ether oxygens (including phenoxy) is 1. The number of amides is 2. The highest BCUT2D eigenvalue weighted by Crippen LogP contribution is 2.24. The fraction of sp³-hybridized carbons (Fsp3) is 0.467. The smallest absolute Gasteiger partial charge is 0.257 e. The van der Waals surface area contributed by atoms with E-state index in [4.69, 9.17) is 16.3 Å². The first-order valence-electron chi connectivity index (χ1n) is 6.89. The summed E-state index contributed by atoms with van der Waals surface area (Å²) < 4.78 is 5.17. The molecule has 0 bridgehead atoms. The predicted octanol–water partition coefficient (Wildman–Crippen LogP) is 2.04. The molecule has 1 aromatic carbocycles. The molecule has 0 spiro atoms. The SMILES string of the molecule is COc1cc(Cl)ccc1C(=O)N(C)CC(=O)N1CCCC1. The Morgan fingerprint density at radius 3 is 2.62 bits per heavy atom. The summed E-state index contributed by atoms with van der Waals surface area (Å²) in [7, 11) is 3.10. The van der Waals surface area contributed by atoms with Gasteiger partial charge in [0.15, 0.2) is 0 Å². The van der Waals surface area contributed by atoms with Crippen LogP contribution in [0.2, 0.25) is 5.02 Å². The van der Waals surface area contributed by atoms with Crippen LogP contribution in [0.4, 0.5) is 0 Å². The van der Waals surface area contributed by atoms with Crippen molar-refractivity contribution in [3.63, 3.8) is 0 Å². The van der Waals surface area contributed by atoms with Gasteiger partial charge in [-0.05, 0) is 31.0 Å². The van der Waals surface area contributed by atoms with E-state index in [1.807, 2.05) is 0 Å². The fourth-order valence-electron chi connectivity index (χ4n) is 2.39. The van der Waals surface area contributed by atoms with Crippen molar-refractivity contribution in [3.05, 3.63) is 28.8 Å². The van der Waals surface area contributed by atoms with Crippen LogP contribution in [0.3, 0.4) is 0 Å². The van der Waals surface area contributed by atoms with E-state index in [0.717, 1.165) is 25.9 Å². The van der Waals surface area contributed by atoms with Crippen LogP contribution in [-0.4, -0.2) is 55.4 Å². The number of carbonyl (C=O) groups is 2. The maximum absolute atomic E-state index is 12.4. The van der Waals surface area contributed by atoms with Crippen molar-refractivity contribution >= 4 is 23.4 Å². The highest BCUT2D eigenvalue weighted by molar-refractivity contribution is 6.30. The molecule has 1 fully saturated rings. The third-order valence-corrected chi connectivity index (χ3v) is 3.81. The summed E-state index contributed by atoms with van der Waals surface area (Å²) in [6.07, 6.45) is 2.07. The Kier molecular flexibility index (Phi) is 5.07. The number of rotatable bonds is 4. The van der Waals surface area contributed by atoms with Crippen LogP contribution in [0, 0.1) is 0 Å². The van der Waals surface area contributed by atoms with Gasteiger partial charge < -0.3 is 14.5 Å². The second-order valence-electron chi connectivity index (χ2n) is 5.09. The summed E-state index contributed by atoms with van der Waals surface area (Å²) in [6.45, 7) is 1.64. The molecule has 1 aromatic rings. The second kappa shape index (κ2) is 6.80. The Bertz CT molecular complexity index is 542.